The smallest absolute Gasteiger partial charge is 0.320 e. The molecule has 1 saturated heterocycles. The summed E-state index contributed by atoms with van der Waals surface area (Å²) in [4.78, 5) is 13.8. The number of nitrogens with zero attached hydrogens (tertiary/aromatic N) is 1. The molecule has 2 atom stereocenters. The molecule has 4 rings (SSSR count). The van der Waals surface area contributed by atoms with Crippen LogP contribution in [0, 0.1) is 6.92 Å². The molecular formula is C20H21NO4. The third-order valence-electron chi connectivity index (χ3n) is 5.02. The Morgan fingerprint density at radius 3 is 2.60 bits per heavy atom. The number of benzene rings is 2. The lowest BCUT2D eigenvalue weighted by molar-refractivity contribution is -0.142. The van der Waals surface area contributed by atoms with Gasteiger partial charge < -0.3 is 14.6 Å². The number of aryl methyl sites for hydroxylation is 1. The van der Waals surface area contributed by atoms with Gasteiger partial charge in [0.05, 0.1) is 6.04 Å². The summed E-state index contributed by atoms with van der Waals surface area (Å²) in [7, 11) is 0. The summed E-state index contributed by atoms with van der Waals surface area (Å²) in [5, 5.41) is 9.64. The van der Waals surface area contributed by atoms with Gasteiger partial charge in [0.2, 0.25) is 6.79 Å². The predicted molar refractivity (Wildman–Crippen MR) is 93.0 cm³/mol. The van der Waals surface area contributed by atoms with E-state index in [1.807, 2.05) is 18.2 Å². The summed E-state index contributed by atoms with van der Waals surface area (Å²) in [6.07, 6.45) is 1.58. The molecule has 1 N–H and O–H groups in total. The van der Waals surface area contributed by atoms with Crippen LogP contribution >= 0.6 is 0 Å². The van der Waals surface area contributed by atoms with Crippen LogP contribution in [0.3, 0.4) is 0 Å². The first-order valence-corrected chi connectivity index (χ1v) is 8.58. The monoisotopic (exact) mass is 339 g/mol. The van der Waals surface area contributed by atoms with Crippen molar-refractivity contribution < 1.29 is 19.4 Å². The summed E-state index contributed by atoms with van der Waals surface area (Å²) >= 11 is 0. The normalized spacial score (nSPS) is 20.6. The number of likely N-dealkylation sites (tertiary alicyclic amines) is 1. The van der Waals surface area contributed by atoms with Crippen LogP contribution in [0.2, 0.25) is 0 Å². The summed E-state index contributed by atoms with van der Waals surface area (Å²) in [6, 6.07) is 13.6. The maximum Gasteiger partial charge on any atom is 0.320 e. The number of aliphatic carboxylic acids is 1. The van der Waals surface area contributed by atoms with Crippen molar-refractivity contribution in [1.82, 2.24) is 4.90 Å². The van der Waals surface area contributed by atoms with E-state index in [2.05, 4.69) is 36.1 Å². The first-order chi connectivity index (χ1) is 12.1. The topological polar surface area (TPSA) is 59.0 Å². The van der Waals surface area contributed by atoms with Crippen molar-refractivity contribution in [3.63, 3.8) is 0 Å². The number of carboxylic acids is 1. The van der Waals surface area contributed by atoms with E-state index in [9.17, 15) is 9.90 Å². The molecule has 0 saturated carbocycles. The third kappa shape index (κ3) is 2.96. The molecule has 0 amide bonds. The number of rotatable bonds is 4. The Kier molecular flexibility index (Phi) is 4.09. The Balaban J connectivity index is 1.78. The first kappa shape index (κ1) is 16.0. The third-order valence-corrected chi connectivity index (χ3v) is 5.02. The fourth-order valence-corrected chi connectivity index (χ4v) is 3.77. The van der Waals surface area contributed by atoms with Gasteiger partial charge in [-0.2, -0.15) is 0 Å². The lowest BCUT2D eigenvalue weighted by atomic mass is 9.95. The van der Waals surface area contributed by atoms with Gasteiger partial charge in [-0.1, -0.05) is 35.9 Å². The van der Waals surface area contributed by atoms with Gasteiger partial charge in [0.25, 0.3) is 0 Å². The highest BCUT2D eigenvalue weighted by atomic mass is 16.7. The second-order valence-electron chi connectivity index (χ2n) is 6.66. The molecule has 130 valence electrons. The molecule has 25 heavy (non-hydrogen) atoms. The van der Waals surface area contributed by atoms with Crippen LogP contribution in [0.4, 0.5) is 0 Å². The second-order valence-corrected chi connectivity index (χ2v) is 6.66. The van der Waals surface area contributed by atoms with Gasteiger partial charge in [0, 0.05) is 6.54 Å². The van der Waals surface area contributed by atoms with E-state index in [0.29, 0.717) is 6.42 Å². The number of carboxylic acid groups (broad SMARTS) is 1. The average Bonchev–Trinajstić information content (AvgIpc) is 3.25. The van der Waals surface area contributed by atoms with Gasteiger partial charge in [-0.15, -0.1) is 0 Å². The Labute approximate surface area is 146 Å². The van der Waals surface area contributed by atoms with E-state index >= 15 is 0 Å². The van der Waals surface area contributed by atoms with Crippen molar-refractivity contribution in [1.29, 1.82) is 0 Å². The summed E-state index contributed by atoms with van der Waals surface area (Å²) in [6.45, 7) is 3.05. The number of hydrogen-bond donors (Lipinski definition) is 1. The SMILES string of the molecule is Cc1ccc(C(c2ccc3c(c2)OCO3)N2CCCC2C(=O)O)cc1. The minimum Gasteiger partial charge on any atom is -0.480 e. The van der Waals surface area contributed by atoms with Crippen LogP contribution in [0.15, 0.2) is 42.5 Å². The molecule has 0 spiro atoms. The van der Waals surface area contributed by atoms with Gasteiger partial charge in [-0.3, -0.25) is 9.69 Å². The number of carbonyl (C=O) groups is 1. The van der Waals surface area contributed by atoms with Gasteiger partial charge in [-0.05, 0) is 43.0 Å². The Morgan fingerprint density at radius 2 is 1.84 bits per heavy atom. The van der Waals surface area contributed by atoms with Crippen molar-refractivity contribution in [2.45, 2.75) is 31.8 Å². The molecule has 2 aliphatic rings. The van der Waals surface area contributed by atoms with E-state index in [-0.39, 0.29) is 12.8 Å². The Bertz CT molecular complexity index is 787. The van der Waals surface area contributed by atoms with E-state index in [4.69, 9.17) is 9.47 Å². The predicted octanol–water partition coefficient (Wildman–Crippen LogP) is 3.36. The van der Waals surface area contributed by atoms with E-state index in [1.165, 1.54) is 5.56 Å². The zero-order valence-electron chi connectivity index (χ0n) is 14.1. The van der Waals surface area contributed by atoms with Gasteiger partial charge in [0.15, 0.2) is 11.5 Å². The molecule has 0 aromatic heterocycles. The fraction of sp³-hybridized carbons (Fsp3) is 0.350. The molecule has 2 heterocycles. The highest BCUT2D eigenvalue weighted by molar-refractivity contribution is 5.74. The quantitative estimate of drug-likeness (QED) is 0.925. The molecule has 2 aromatic rings. The highest BCUT2D eigenvalue weighted by Gasteiger charge is 2.37. The van der Waals surface area contributed by atoms with E-state index < -0.39 is 12.0 Å². The standard InChI is InChI=1S/C20H21NO4/c1-13-4-6-14(7-5-13)19(21-10-2-3-16(21)20(22)23)15-8-9-17-18(11-15)25-12-24-17/h4-9,11,16,19H,2-3,10,12H2,1H3,(H,22,23). The van der Waals surface area contributed by atoms with Crippen LogP contribution in [0.25, 0.3) is 0 Å². The van der Waals surface area contributed by atoms with Crippen molar-refractivity contribution in [2.75, 3.05) is 13.3 Å². The van der Waals surface area contributed by atoms with Crippen molar-refractivity contribution in [2.24, 2.45) is 0 Å². The molecular weight excluding hydrogens is 318 g/mol. The van der Waals surface area contributed by atoms with E-state index in [0.717, 1.165) is 35.6 Å². The molecule has 0 radical (unpaired) electrons. The van der Waals surface area contributed by atoms with Crippen LogP contribution in [0.5, 0.6) is 11.5 Å². The molecule has 2 unspecified atom stereocenters. The molecule has 0 bridgehead atoms. The lowest BCUT2D eigenvalue weighted by Gasteiger charge is -2.32. The van der Waals surface area contributed by atoms with Crippen LogP contribution in [-0.4, -0.2) is 35.4 Å². The van der Waals surface area contributed by atoms with Crippen molar-refractivity contribution >= 4 is 5.97 Å². The van der Waals surface area contributed by atoms with Crippen molar-refractivity contribution in [3.8, 4) is 11.5 Å². The minimum atomic E-state index is -0.754. The average molecular weight is 339 g/mol. The first-order valence-electron chi connectivity index (χ1n) is 8.58. The van der Waals surface area contributed by atoms with E-state index in [1.54, 1.807) is 0 Å². The van der Waals surface area contributed by atoms with Gasteiger partial charge >= 0.3 is 5.97 Å². The molecule has 5 nitrogen and oxygen atoms in total. The maximum absolute atomic E-state index is 11.7. The summed E-state index contributed by atoms with van der Waals surface area (Å²) in [5.41, 5.74) is 3.31. The molecule has 2 aromatic carbocycles. The molecule has 2 aliphatic heterocycles. The molecule has 5 heteroatoms. The minimum absolute atomic E-state index is 0.112. The zero-order chi connectivity index (χ0) is 17.4. The van der Waals surface area contributed by atoms with Crippen LogP contribution in [0.1, 0.15) is 35.6 Å². The number of fused-ring (bicyclic) bond motifs is 1. The van der Waals surface area contributed by atoms with Crippen LogP contribution < -0.4 is 9.47 Å². The largest absolute Gasteiger partial charge is 0.480 e. The van der Waals surface area contributed by atoms with Gasteiger partial charge in [-0.25, -0.2) is 0 Å². The highest BCUT2D eigenvalue weighted by Crippen LogP contribution is 2.40. The maximum atomic E-state index is 11.7. The zero-order valence-corrected chi connectivity index (χ0v) is 14.1. The van der Waals surface area contributed by atoms with Crippen LogP contribution in [-0.2, 0) is 4.79 Å². The summed E-state index contributed by atoms with van der Waals surface area (Å²) < 4.78 is 10.9. The van der Waals surface area contributed by atoms with Gasteiger partial charge in [0.1, 0.15) is 6.04 Å². The fourth-order valence-electron chi connectivity index (χ4n) is 3.77. The summed E-state index contributed by atoms with van der Waals surface area (Å²) in [5.74, 6) is 0.707. The molecule has 1 fully saturated rings. The number of ether oxygens (including phenoxy) is 2. The number of hydrogen-bond acceptors (Lipinski definition) is 4. The Hall–Kier alpha value is -2.53. The molecule has 0 aliphatic carbocycles. The van der Waals surface area contributed by atoms with Crippen molar-refractivity contribution in [3.05, 3.63) is 59.2 Å². The lowest BCUT2D eigenvalue weighted by Crippen LogP contribution is -2.39. The second kappa shape index (κ2) is 6.41. The Morgan fingerprint density at radius 1 is 1.12 bits per heavy atom.